The predicted octanol–water partition coefficient (Wildman–Crippen LogP) is 3.52. The lowest BCUT2D eigenvalue weighted by Crippen LogP contribution is -2.29. The molecule has 0 unspecified atom stereocenters. The van der Waals surface area contributed by atoms with Gasteiger partial charge in [-0.05, 0) is 30.3 Å². The van der Waals surface area contributed by atoms with Crippen molar-refractivity contribution in [2.45, 2.75) is 6.18 Å². The minimum Gasteiger partial charge on any atom is -0.378 e. The Bertz CT molecular complexity index is 869. The van der Waals surface area contributed by atoms with Gasteiger partial charge in [0.1, 0.15) is 5.69 Å². The van der Waals surface area contributed by atoms with Crippen LogP contribution < -0.4 is 15.5 Å². The fourth-order valence-electron chi connectivity index (χ4n) is 2.41. The number of rotatable bonds is 7. The molecule has 1 amide bonds. The largest absolute Gasteiger partial charge is 0.416 e. The normalized spacial score (nSPS) is 11.0. The molecule has 0 bridgehead atoms. The van der Waals surface area contributed by atoms with E-state index in [0.29, 0.717) is 11.6 Å². The van der Waals surface area contributed by atoms with E-state index in [-0.39, 0.29) is 24.7 Å². The maximum absolute atomic E-state index is 12.7. The number of nitro groups is 1. The molecule has 2 aromatic carbocycles. The highest BCUT2D eigenvalue weighted by Gasteiger charge is 2.32. The number of nitro benzene ring substituents is 1. The smallest absolute Gasteiger partial charge is 0.378 e. The van der Waals surface area contributed by atoms with Gasteiger partial charge in [-0.1, -0.05) is 6.07 Å². The van der Waals surface area contributed by atoms with Gasteiger partial charge < -0.3 is 15.5 Å². The minimum absolute atomic E-state index is 0.0538. The van der Waals surface area contributed by atoms with E-state index in [2.05, 4.69) is 10.6 Å². The van der Waals surface area contributed by atoms with Gasteiger partial charge in [0, 0.05) is 44.5 Å². The summed E-state index contributed by atoms with van der Waals surface area (Å²) in [6.45, 7) is 0.231. The zero-order chi connectivity index (χ0) is 20.9. The van der Waals surface area contributed by atoms with Gasteiger partial charge >= 0.3 is 6.18 Å². The van der Waals surface area contributed by atoms with Gasteiger partial charge in [-0.3, -0.25) is 14.9 Å². The van der Waals surface area contributed by atoms with Crippen LogP contribution in [-0.4, -0.2) is 38.0 Å². The molecule has 0 fully saturated rings. The summed E-state index contributed by atoms with van der Waals surface area (Å²) >= 11 is 0. The zero-order valence-corrected chi connectivity index (χ0v) is 15.2. The summed E-state index contributed by atoms with van der Waals surface area (Å²) in [7, 11) is 3.69. The average molecular weight is 396 g/mol. The van der Waals surface area contributed by atoms with Crippen LogP contribution in [-0.2, 0) is 6.18 Å². The standard InChI is InChI=1S/C18H19F3N4O3/c1-24(2)14-5-3-4-12(10-14)17(26)23-9-8-22-15-7-6-13(18(19,20)21)11-16(15)25(27)28/h3-7,10-11,22H,8-9H2,1-2H3,(H,23,26). The molecular formula is C18H19F3N4O3. The Kier molecular flexibility index (Phi) is 6.45. The second-order valence-electron chi connectivity index (χ2n) is 6.11. The van der Waals surface area contributed by atoms with Crippen molar-refractivity contribution in [3.05, 3.63) is 63.7 Å². The third-order valence-corrected chi connectivity index (χ3v) is 3.87. The van der Waals surface area contributed by atoms with Crippen LogP contribution in [0.2, 0.25) is 0 Å². The molecule has 7 nitrogen and oxygen atoms in total. The van der Waals surface area contributed by atoms with Crippen molar-refractivity contribution in [2.24, 2.45) is 0 Å². The molecule has 2 rings (SSSR count). The van der Waals surface area contributed by atoms with Crippen molar-refractivity contribution in [3.8, 4) is 0 Å². The summed E-state index contributed by atoms with van der Waals surface area (Å²) in [6.07, 6.45) is -4.67. The van der Waals surface area contributed by atoms with E-state index >= 15 is 0 Å². The van der Waals surface area contributed by atoms with Gasteiger partial charge in [-0.2, -0.15) is 13.2 Å². The van der Waals surface area contributed by atoms with Gasteiger partial charge in [0.2, 0.25) is 0 Å². The summed E-state index contributed by atoms with van der Waals surface area (Å²) in [5.74, 6) is -0.326. The lowest BCUT2D eigenvalue weighted by molar-refractivity contribution is -0.384. The first-order valence-corrected chi connectivity index (χ1v) is 8.24. The zero-order valence-electron chi connectivity index (χ0n) is 15.2. The molecule has 0 aromatic heterocycles. The van der Waals surface area contributed by atoms with Crippen molar-refractivity contribution in [1.82, 2.24) is 5.32 Å². The predicted molar refractivity (Wildman–Crippen MR) is 99.7 cm³/mol. The quantitative estimate of drug-likeness (QED) is 0.425. The van der Waals surface area contributed by atoms with Crippen LogP contribution in [0.15, 0.2) is 42.5 Å². The number of amides is 1. The van der Waals surface area contributed by atoms with E-state index in [0.717, 1.165) is 17.8 Å². The Hall–Kier alpha value is -3.30. The second-order valence-corrected chi connectivity index (χ2v) is 6.11. The Labute approximate surface area is 159 Å². The lowest BCUT2D eigenvalue weighted by Gasteiger charge is -2.14. The number of benzene rings is 2. The summed E-state index contributed by atoms with van der Waals surface area (Å²) in [4.78, 5) is 24.2. The Balaban J connectivity index is 1.97. The summed E-state index contributed by atoms with van der Waals surface area (Å²) in [5, 5.41) is 16.4. The first-order valence-electron chi connectivity index (χ1n) is 8.24. The molecule has 0 spiro atoms. The number of nitrogens with one attached hydrogen (secondary N) is 2. The fourth-order valence-corrected chi connectivity index (χ4v) is 2.41. The van der Waals surface area contributed by atoms with E-state index in [9.17, 15) is 28.1 Å². The molecule has 0 saturated heterocycles. The highest BCUT2D eigenvalue weighted by atomic mass is 19.4. The summed E-state index contributed by atoms with van der Waals surface area (Å²) in [5.41, 5.74) is -0.529. The number of carbonyl (C=O) groups is 1. The summed E-state index contributed by atoms with van der Waals surface area (Å²) in [6, 6.07) is 9.20. The molecule has 150 valence electrons. The number of carbonyl (C=O) groups excluding carboxylic acids is 1. The number of hydrogen-bond acceptors (Lipinski definition) is 5. The van der Waals surface area contributed by atoms with Crippen LogP contribution in [0, 0.1) is 10.1 Å². The van der Waals surface area contributed by atoms with Gasteiger partial charge in [-0.15, -0.1) is 0 Å². The van der Waals surface area contributed by atoms with Crippen LogP contribution in [0.25, 0.3) is 0 Å². The van der Waals surface area contributed by atoms with Crippen LogP contribution in [0.5, 0.6) is 0 Å². The third kappa shape index (κ3) is 5.35. The number of alkyl halides is 3. The van der Waals surface area contributed by atoms with Crippen LogP contribution in [0.3, 0.4) is 0 Å². The molecule has 2 N–H and O–H groups in total. The first kappa shape index (κ1) is 21.0. The van der Waals surface area contributed by atoms with Crippen molar-refractivity contribution in [3.63, 3.8) is 0 Å². The highest BCUT2D eigenvalue weighted by Crippen LogP contribution is 2.34. The van der Waals surface area contributed by atoms with Gasteiger partial charge in [0.25, 0.3) is 11.6 Å². The molecule has 0 aliphatic rings. The van der Waals surface area contributed by atoms with Gasteiger partial charge in [0.05, 0.1) is 10.5 Å². The number of hydrogen-bond donors (Lipinski definition) is 2. The van der Waals surface area contributed by atoms with Crippen LogP contribution in [0.4, 0.5) is 30.2 Å². The van der Waals surface area contributed by atoms with E-state index in [4.69, 9.17) is 0 Å². The second kappa shape index (κ2) is 8.59. The molecule has 10 heteroatoms. The molecule has 0 heterocycles. The molecule has 0 aliphatic carbocycles. The van der Waals surface area contributed by atoms with Crippen molar-refractivity contribution in [2.75, 3.05) is 37.4 Å². The van der Waals surface area contributed by atoms with E-state index in [1.54, 1.807) is 18.2 Å². The Morgan fingerprint density at radius 2 is 1.86 bits per heavy atom. The molecule has 0 saturated carbocycles. The first-order chi connectivity index (χ1) is 13.1. The van der Waals surface area contributed by atoms with Crippen LogP contribution in [0.1, 0.15) is 15.9 Å². The minimum atomic E-state index is -4.67. The van der Waals surface area contributed by atoms with Crippen LogP contribution >= 0.6 is 0 Å². The molecule has 0 aliphatic heterocycles. The SMILES string of the molecule is CN(C)c1cccc(C(=O)NCCNc2ccc(C(F)(F)F)cc2[N+](=O)[O-])c1. The van der Waals surface area contributed by atoms with Crippen molar-refractivity contribution < 1.29 is 22.9 Å². The fraction of sp³-hybridized carbons (Fsp3) is 0.278. The van der Waals surface area contributed by atoms with Crippen molar-refractivity contribution >= 4 is 23.0 Å². The van der Waals surface area contributed by atoms with E-state index < -0.39 is 22.4 Å². The molecular weight excluding hydrogens is 377 g/mol. The molecule has 0 radical (unpaired) electrons. The average Bonchev–Trinajstić information content (AvgIpc) is 2.64. The maximum Gasteiger partial charge on any atom is 0.416 e. The maximum atomic E-state index is 12.7. The Morgan fingerprint density at radius 3 is 2.46 bits per heavy atom. The van der Waals surface area contributed by atoms with E-state index in [1.807, 2.05) is 25.1 Å². The number of nitrogens with zero attached hydrogens (tertiary/aromatic N) is 2. The topological polar surface area (TPSA) is 87.5 Å². The monoisotopic (exact) mass is 396 g/mol. The van der Waals surface area contributed by atoms with Crippen molar-refractivity contribution in [1.29, 1.82) is 0 Å². The third-order valence-electron chi connectivity index (χ3n) is 3.87. The summed E-state index contributed by atoms with van der Waals surface area (Å²) < 4.78 is 38.1. The van der Waals surface area contributed by atoms with Gasteiger partial charge in [0.15, 0.2) is 0 Å². The molecule has 28 heavy (non-hydrogen) atoms. The molecule has 0 atom stereocenters. The van der Waals surface area contributed by atoms with Gasteiger partial charge in [-0.25, -0.2) is 0 Å². The highest BCUT2D eigenvalue weighted by molar-refractivity contribution is 5.95. The number of anilines is 2. The van der Waals surface area contributed by atoms with E-state index in [1.165, 1.54) is 0 Å². The molecule has 2 aromatic rings. The number of halogens is 3. The lowest BCUT2D eigenvalue weighted by atomic mass is 10.1. The Morgan fingerprint density at radius 1 is 1.14 bits per heavy atom.